The normalized spacial score (nSPS) is 28.5. The molecule has 0 radical (unpaired) electrons. The van der Waals surface area contributed by atoms with Gasteiger partial charge in [-0.2, -0.15) is 0 Å². The lowest BCUT2D eigenvalue weighted by Crippen LogP contribution is -2.27. The van der Waals surface area contributed by atoms with Crippen LogP contribution in [0.2, 0.25) is 0 Å². The number of aliphatic hydroxyl groups excluding tert-OH is 1. The van der Waals surface area contributed by atoms with Crippen molar-refractivity contribution in [2.45, 2.75) is 61.0 Å². The first-order valence-corrected chi connectivity index (χ1v) is 6.72. The molecular weight excluding hydrogens is 208 g/mol. The molecule has 0 bridgehead atoms. The third-order valence-electron chi connectivity index (χ3n) is 5.16. The van der Waals surface area contributed by atoms with Crippen LogP contribution in [0.1, 0.15) is 54.9 Å². The van der Waals surface area contributed by atoms with E-state index in [1.807, 2.05) is 6.92 Å². The van der Waals surface area contributed by atoms with E-state index in [0.717, 1.165) is 5.57 Å². The maximum absolute atomic E-state index is 9.69. The second kappa shape index (κ2) is 4.97. The minimum absolute atomic E-state index is 0.291. The van der Waals surface area contributed by atoms with E-state index >= 15 is 0 Å². The summed E-state index contributed by atoms with van der Waals surface area (Å²) in [6, 6.07) is 0. The van der Waals surface area contributed by atoms with E-state index in [4.69, 9.17) is 0 Å². The van der Waals surface area contributed by atoms with Gasteiger partial charge in [0.2, 0.25) is 0 Å². The summed E-state index contributed by atoms with van der Waals surface area (Å²) < 4.78 is 0. The number of allylic oxidation sites excluding steroid dienone is 3. The largest absolute Gasteiger partial charge is 0.389 e. The van der Waals surface area contributed by atoms with E-state index in [1.54, 1.807) is 0 Å². The molecule has 0 aliphatic heterocycles. The molecule has 17 heavy (non-hydrogen) atoms. The molecule has 0 saturated heterocycles. The van der Waals surface area contributed by atoms with Gasteiger partial charge in [0.1, 0.15) is 0 Å². The van der Waals surface area contributed by atoms with Gasteiger partial charge in [0, 0.05) is 0 Å². The smallest absolute Gasteiger partial charge is 0.0721 e. The topological polar surface area (TPSA) is 20.2 Å². The molecule has 0 aromatic heterocycles. The number of hydrogen-bond acceptors (Lipinski definition) is 1. The zero-order chi connectivity index (χ0) is 13.4. The summed E-state index contributed by atoms with van der Waals surface area (Å²) in [6.45, 7) is 15.3. The molecule has 1 rings (SSSR count). The van der Waals surface area contributed by atoms with Crippen LogP contribution in [0.4, 0.5) is 0 Å². The Kier molecular flexibility index (Phi) is 4.24. The average molecular weight is 236 g/mol. The minimum Gasteiger partial charge on any atom is -0.389 e. The molecule has 1 aliphatic rings. The molecule has 0 spiro atoms. The summed E-state index contributed by atoms with van der Waals surface area (Å²) in [7, 11) is 0. The fraction of sp³-hybridized carbons (Fsp3) is 0.750. The van der Waals surface area contributed by atoms with Gasteiger partial charge in [-0.15, -0.1) is 0 Å². The fourth-order valence-electron chi connectivity index (χ4n) is 2.97. The van der Waals surface area contributed by atoms with Crippen LogP contribution in [-0.2, 0) is 0 Å². The molecular formula is C16H28O. The van der Waals surface area contributed by atoms with Crippen LogP contribution >= 0.6 is 0 Å². The highest BCUT2D eigenvalue weighted by molar-refractivity contribution is 5.24. The van der Waals surface area contributed by atoms with Crippen molar-refractivity contribution in [1.29, 1.82) is 0 Å². The van der Waals surface area contributed by atoms with Crippen molar-refractivity contribution in [1.82, 2.24) is 0 Å². The first kappa shape index (κ1) is 14.5. The van der Waals surface area contributed by atoms with Gasteiger partial charge >= 0.3 is 0 Å². The first-order valence-electron chi connectivity index (χ1n) is 6.72. The Bertz CT molecular complexity index is 345. The standard InChI is InChI=1S/C16H28O/c1-10-8-9-15(16(10,6)7)13(4)11(2)12(3)14(5)17/h8,13-15,17H,9H2,1-7H3/b12-11+. The van der Waals surface area contributed by atoms with Crippen molar-refractivity contribution in [2.24, 2.45) is 17.3 Å². The van der Waals surface area contributed by atoms with Crippen molar-refractivity contribution in [3.63, 3.8) is 0 Å². The molecule has 0 aromatic carbocycles. The molecule has 0 amide bonds. The highest BCUT2D eigenvalue weighted by atomic mass is 16.3. The van der Waals surface area contributed by atoms with Crippen molar-refractivity contribution >= 4 is 0 Å². The third-order valence-corrected chi connectivity index (χ3v) is 5.16. The highest BCUT2D eigenvalue weighted by Crippen LogP contribution is 2.48. The average Bonchev–Trinajstić information content (AvgIpc) is 2.51. The molecule has 0 aromatic rings. The predicted octanol–water partition coefficient (Wildman–Crippen LogP) is 4.33. The molecule has 1 N–H and O–H groups in total. The molecule has 1 nitrogen and oxygen atoms in total. The summed E-state index contributed by atoms with van der Waals surface area (Å²) in [5.41, 5.74) is 4.30. The fourth-order valence-corrected chi connectivity index (χ4v) is 2.97. The summed E-state index contributed by atoms with van der Waals surface area (Å²) in [4.78, 5) is 0. The Morgan fingerprint density at radius 2 is 1.82 bits per heavy atom. The molecule has 0 saturated carbocycles. The Morgan fingerprint density at radius 1 is 1.29 bits per heavy atom. The van der Waals surface area contributed by atoms with Gasteiger partial charge in [-0.05, 0) is 56.9 Å². The lowest BCUT2D eigenvalue weighted by molar-refractivity contribution is 0.213. The van der Waals surface area contributed by atoms with Crippen LogP contribution in [0.3, 0.4) is 0 Å². The predicted molar refractivity (Wildman–Crippen MR) is 74.9 cm³/mol. The van der Waals surface area contributed by atoms with Gasteiger partial charge in [0.25, 0.3) is 0 Å². The van der Waals surface area contributed by atoms with Gasteiger partial charge in [0.15, 0.2) is 0 Å². The van der Waals surface area contributed by atoms with Crippen LogP contribution in [0.25, 0.3) is 0 Å². The van der Waals surface area contributed by atoms with E-state index in [0.29, 0.717) is 17.3 Å². The third kappa shape index (κ3) is 2.65. The Hall–Kier alpha value is -0.560. The van der Waals surface area contributed by atoms with Crippen LogP contribution in [0.15, 0.2) is 22.8 Å². The summed E-state index contributed by atoms with van der Waals surface area (Å²) in [5, 5.41) is 9.69. The SMILES string of the molecule is CC1=CCC(C(C)/C(C)=C(\C)C(C)O)C1(C)C. The number of aliphatic hydroxyl groups is 1. The highest BCUT2D eigenvalue weighted by Gasteiger charge is 2.38. The second-order valence-electron chi connectivity index (χ2n) is 6.28. The number of rotatable bonds is 3. The summed E-state index contributed by atoms with van der Waals surface area (Å²) in [5.74, 6) is 1.20. The Morgan fingerprint density at radius 3 is 2.18 bits per heavy atom. The van der Waals surface area contributed by atoms with Gasteiger partial charge in [-0.25, -0.2) is 0 Å². The van der Waals surface area contributed by atoms with Gasteiger partial charge in [-0.1, -0.05) is 38.0 Å². The summed E-state index contributed by atoms with van der Waals surface area (Å²) >= 11 is 0. The molecule has 1 heteroatoms. The van der Waals surface area contributed by atoms with E-state index in [2.05, 4.69) is 47.6 Å². The Labute approximate surface area is 107 Å². The molecule has 98 valence electrons. The molecule has 3 unspecified atom stereocenters. The first-order chi connectivity index (χ1) is 7.69. The zero-order valence-corrected chi connectivity index (χ0v) is 12.5. The number of hydrogen-bond donors (Lipinski definition) is 1. The maximum Gasteiger partial charge on any atom is 0.0721 e. The lowest BCUT2D eigenvalue weighted by atomic mass is 9.69. The van der Waals surface area contributed by atoms with Crippen molar-refractivity contribution in [3.8, 4) is 0 Å². The van der Waals surface area contributed by atoms with Crippen LogP contribution in [0, 0.1) is 17.3 Å². The van der Waals surface area contributed by atoms with Crippen LogP contribution in [0.5, 0.6) is 0 Å². The lowest BCUT2D eigenvalue weighted by Gasteiger charge is -2.35. The zero-order valence-electron chi connectivity index (χ0n) is 12.5. The van der Waals surface area contributed by atoms with Crippen LogP contribution in [-0.4, -0.2) is 11.2 Å². The van der Waals surface area contributed by atoms with E-state index < -0.39 is 0 Å². The van der Waals surface area contributed by atoms with Gasteiger partial charge < -0.3 is 5.11 Å². The molecule has 1 aliphatic carbocycles. The summed E-state index contributed by atoms with van der Waals surface area (Å²) in [6.07, 6.45) is 3.23. The van der Waals surface area contributed by atoms with E-state index in [1.165, 1.54) is 17.6 Å². The van der Waals surface area contributed by atoms with Crippen molar-refractivity contribution < 1.29 is 5.11 Å². The molecule has 0 heterocycles. The monoisotopic (exact) mass is 236 g/mol. The second-order valence-corrected chi connectivity index (χ2v) is 6.28. The van der Waals surface area contributed by atoms with Gasteiger partial charge in [0.05, 0.1) is 6.10 Å². The Balaban J connectivity index is 2.94. The maximum atomic E-state index is 9.69. The van der Waals surface area contributed by atoms with E-state index in [9.17, 15) is 5.11 Å². The van der Waals surface area contributed by atoms with Crippen molar-refractivity contribution in [3.05, 3.63) is 22.8 Å². The van der Waals surface area contributed by atoms with Crippen LogP contribution < -0.4 is 0 Å². The van der Waals surface area contributed by atoms with Crippen molar-refractivity contribution in [2.75, 3.05) is 0 Å². The minimum atomic E-state index is -0.323. The van der Waals surface area contributed by atoms with E-state index in [-0.39, 0.29) is 6.10 Å². The van der Waals surface area contributed by atoms with Gasteiger partial charge in [-0.3, -0.25) is 0 Å². The quantitative estimate of drug-likeness (QED) is 0.723. The molecule has 3 atom stereocenters. The molecule has 0 fully saturated rings.